The van der Waals surface area contributed by atoms with E-state index in [0.29, 0.717) is 5.69 Å². The summed E-state index contributed by atoms with van der Waals surface area (Å²) >= 11 is 0. The lowest BCUT2D eigenvalue weighted by Gasteiger charge is -2.38. The van der Waals surface area contributed by atoms with Gasteiger partial charge >= 0.3 is 11.9 Å². The standard InChI is InChI=1S/C32H27N3O9.C10H10N2.C6H7N/c1-32(34-21-4-2-3-18-20(33)8-9-22(35-32)28(18)21)15-42-26(38)11-12-27(39)43-17-6-7-19-25(14-17)44-31(30(41)29(19)40)16-5-10-23(36)24(37)13-16;11-9-5-6-10(12)8-4-2-1-3-7(8)9;7-6-4-2-1-3-5-6/h2-10,13-14,34-37,41H,11-12,15,33H2,1H3;1-6H,11-12H2;1-5H,7H2. The number of anilines is 6. The van der Waals surface area contributed by atoms with Crippen LogP contribution in [0.5, 0.6) is 23.0 Å². The third-order valence-corrected chi connectivity index (χ3v) is 10.1. The number of phenolic OH excluding ortho intramolecular Hbond substituents is 2. The molecular weight excluding hydrogens is 805 g/mol. The summed E-state index contributed by atoms with van der Waals surface area (Å²) in [7, 11) is 0. The maximum atomic E-state index is 12.7. The Morgan fingerprint density at radius 2 is 1.24 bits per heavy atom. The highest BCUT2D eigenvalue weighted by atomic mass is 16.5. The van der Waals surface area contributed by atoms with Crippen LogP contribution in [0.1, 0.15) is 19.8 Å². The van der Waals surface area contributed by atoms with Gasteiger partial charge in [0.2, 0.25) is 11.2 Å². The van der Waals surface area contributed by atoms with Crippen LogP contribution in [-0.4, -0.2) is 39.5 Å². The Kier molecular flexibility index (Phi) is 12.1. The molecule has 1 aliphatic rings. The molecule has 0 amide bonds. The average Bonchev–Trinajstić information content (AvgIpc) is 3.28. The molecule has 13 N–H and O–H groups in total. The summed E-state index contributed by atoms with van der Waals surface area (Å²) in [5, 5.41) is 40.4. The van der Waals surface area contributed by atoms with Gasteiger partial charge in [-0.25, -0.2) is 0 Å². The number of aromatic hydroxyl groups is 3. The third kappa shape index (κ3) is 9.58. The van der Waals surface area contributed by atoms with E-state index < -0.39 is 34.5 Å². The van der Waals surface area contributed by atoms with Crippen molar-refractivity contribution < 1.29 is 38.8 Å². The van der Waals surface area contributed by atoms with E-state index in [4.69, 9.17) is 36.8 Å². The van der Waals surface area contributed by atoms with Crippen molar-refractivity contribution in [3.63, 3.8) is 0 Å². The number of nitrogens with one attached hydrogen (secondary N) is 2. The van der Waals surface area contributed by atoms with Crippen molar-refractivity contribution >= 4 is 78.6 Å². The van der Waals surface area contributed by atoms with E-state index in [0.717, 1.165) is 56.0 Å². The molecule has 8 aromatic rings. The largest absolute Gasteiger partial charge is 0.504 e. The van der Waals surface area contributed by atoms with Crippen LogP contribution in [-0.2, 0) is 14.3 Å². The number of nitrogen functional groups attached to an aromatic ring is 4. The molecule has 0 fully saturated rings. The molecule has 63 heavy (non-hydrogen) atoms. The molecule has 0 spiro atoms. The summed E-state index contributed by atoms with van der Waals surface area (Å²) in [4.78, 5) is 37.8. The Hall–Kier alpha value is -8.59. The van der Waals surface area contributed by atoms with Gasteiger partial charge in [0.25, 0.3) is 0 Å². The van der Waals surface area contributed by atoms with Crippen molar-refractivity contribution in [3.8, 4) is 34.3 Å². The molecule has 1 aromatic heterocycles. The third-order valence-electron chi connectivity index (χ3n) is 10.1. The Balaban J connectivity index is 0.000000255. The van der Waals surface area contributed by atoms with Crippen LogP contribution in [0.3, 0.4) is 0 Å². The molecule has 2 heterocycles. The molecule has 0 radical (unpaired) electrons. The topological polar surface area (TPSA) is 272 Å². The highest BCUT2D eigenvalue weighted by molar-refractivity contribution is 6.10. The zero-order chi connectivity index (χ0) is 44.8. The van der Waals surface area contributed by atoms with E-state index in [1.165, 1.54) is 30.3 Å². The van der Waals surface area contributed by atoms with E-state index in [2.05, 4.69) is 10.6 Å². The predicted octanol–water partition coefficient (Wildman–Crippen LogP) is 8.07. The summed E-state index contributed by atoms with van der Waals surface area (Å²) < 4.78 is 16.5. The number of fused-ring (bicyclic) bond motifs is 2. The summed E-state index contributed by atoms with van der Waals surface area (Å²) in [6.07, 6.45) is -0.504. The van der Waals surface area contributed by atoms with Crippen LogP contribution in [0.2, 0.25) is 0 Å². The SMILES string of the molecule is CC1(COC(=O)CCC(=O)Oc2ccc3c(=O)c(O)c(-c4ccc(O)c(O)c4)oc3c2)Nc2cccc3c(N)ccc(c23)N1.Nc1ccc(N)c2ccccc12.Nc1ccccc1. The van der Waals surface area contributed by atoms with Gasteiger partial charge in [0.15, 0.2) is 17.3 Å². The van der Waals surface area contributed by atoms with E-state index in [-0.39, 0.29) is 53.2 Å². The second-order valence-electron chi connectivity index (χ2n) is 14.8. The number of hydrogen-bond acceptors (Lipinski definition) is 15. The van der Waals surface area contributed by atoms with Crippen molar-refractivity contribution in [2.24, 2.45) is 0 Å². The van der Waals surface area contributed by atoms with E-state index in [1.807, 2.05) is 104 Å². The zero-order valence-electron chi connectivity index (χ0n) is 33.9. The van der Waals surface area contributed by atoms with Gasteiger partial charge in [-0.3, -0.25) is 14.4 Å². The first kappa shape index (κ1) is 42.5. The molecule has 9 rings (SSSR count). The second-order valence-corrected chi connectivity index (χ2v) is 14.8. The number of benzene rings is 7. The van der Waals surface area contributed by atoms with Gasteiger partial charge in [-0.05, 0) is 79.7 Å². The van der Waals surface area contributed by atoms with Gasteiger partial charge < -0.3 is 62.8 Å². The first-order valence-corrected chi connectivity index (χ1v) is 19.6. The smallest absolute Gasteiger partial charge is 0.311 e. The highest BCUT2D eigenvalue weighted by Crippen LogP contribution is 2.40. The predicted molar refractivity (Wildman–Crippen MR) is 246 cm³/mol. The summed E-state index contributed by atoms with van der Waals surface area (Å²) in [6, 6.07) is 38.1. The number of para-hydroxylation sites is 1. The maximum absolute atomic E-state index is 12.7. The molecule has 0 saturated carbocycles. The van der Waals surface area contributed by atoms with E-state index >= 15 is 0 Å². The van der Waals surface area contributed by atoms with Crippen molar-refractivity contribution in [1.29, 1.82) is 0 Å². The lowest BCUT2D eigenvalue weighted by molar-refractivity contribution is -0.147. The van der Waals surface area contributed by atoms with E-state index in [9.17, 15) is 29.7 Å². The molecule has 7 aromatic carbocycles. The monoisotopic (exact) mass is 848 g/mol. The number of ether oxygens (including phenoxy) is 2. The van der Waals surface area contributed by atoms with Gasteiger partial charge in [0.05, 0.1) is 18.2 Å². The van der Waals surface area contributed by atoms with Gasteiger partial charge in [-0.15, -0.1) is 0 Å². The van der Waals surface area contributed by atoms with Crippen LogP contribution in [0, 0.1) is 0 Å². The first-order valence-electron chi connectivity index (χ1n) is 19.6. The van der Waals surface area contributed by atoms with Crippen molar-refractivity contribution in [3.05, 3.63) is 144 Å². The number of phenols is 2. The van der Waals surface area contributed by atoms with Crippen LogP contribution < -0.4 is 43.7 Å². The number of rotatable bonds is 7. The number of esters is 2. The second kappa shape index (κ2) is 17.9. The van der Waals surface area contributed by atoms with Crippen molar-refractivity contribution in [1.82, 2.24) is 0 Å². The number of carbonyl (C=O) groups is 2. The normalized spacial score (nSPS) is 13.7. The fraction of sp³-hybridized carbons (Fsp3) is 0.104. The van der Waals surface area contributed by atoms with Crippen LogP contribution in [0.4, 0.5) is 34.1 Å². The Labute approximate surface area is 360 Å². The molecule has 1 atom stereocenters. The first-order chi connectivity index (χ1) is 30.2. The van der Waals surface area contributed by atoms with Gasteiger partial charge in [0, 0.05) is 67.3 Å². The fourth-order valence-corrected chi connectivity index (χ4v) is 6.91. The fourth-order valence-electron chi connectivity index (χ4n) is 6.91. The average molecular weight is 849 g/mol. The van der Waals surface area contributed by atoms with Crippen molar-refractivity contribution in [2.75, 3.05) is 40.2 Å². The number of hydrogen-bond donors (Lipinski definition) is 9. The zero-order valence-corrected chi connectivity index (χ0v) is 33.9. The summed E-state index contributed by atoms with van der Waals surface area (Å²) in [6.45, 7) is 1.82. The van der Waals surface area contributed by atoms with E-state index in [1.54, 1.807) is 0 Å². The number of nitrogens with two attached hydrogens (primary N) is 4. The van der Waals surface area contributed by atoms with Crippen LogP contribution in [0.15, 0.2) is 143 Å². The number of carbonyl (C=O) groups excluding carboxylic acids is 2. The minimum absolute atomic E-state index is 0.000697. The molecule has 0 bridgehead atoms. The van der Waals surface area contributed by atoms with Crippen LogP contribution >= 0.6 is 0 Å². The van der Waals surface area contributed by atoms with Gasteiger partial charge in [0.1, 0.15) is 23.6 Å². The molecule has 1 unspecified atom stereocenters. The Morgan fingerprint density at radius 1 is 0.635 bits per heavy atom. The van der Waals surface area contributed by atoms with Gasteiger partial charge in [-0.1, -0.05) is 54.6 Å². The Bertz CT molecular complexity index is 3010. The molecule has 0 aliphatic carbocycles. The molecule has 1 aliphatic heterocycles. The quantitative estimate of drug-likeness (QED) is 0.0317. The molecule has 15 nitrogen and oxygen atoms in total. The Morgan fingerprint density at radius 3 is 1.89 bits per heavy atom. The molecular formula is C48H44N6O9. The maximum Gasteiger partial charge on any atom is 0.311 e. The minimum Gasteiger partial charge on any atom is -0.504 e. The molecule has 320 valence electrons. The van der Waals surface area contributed by atoms with Crippen molar-refractivity contribution in [2.45, 2.75) is 25.4 Å². The molecule has 15 heteroatoms. The minimum atomic E-state index is -0.811. The molecule has 0 saturated heterocycles. The summed E-state index contributed by atoms with van der Waals surface area (Å²) in [5.41, 5.74) is 26.3. The lowest BCUT2D eigenvalue weighted by atomic mass is 9.99. The van der Waals surface area contributed by atoms with Crippen LogP contribution in [0.25, 0.3) is 43.8 Å². The lowest BCUT2D eigenvalue weighted by Crippen LogP contribution is -2.49. The summed E-state index contributed by atoms with van der Waals surface area (Å²) in [5.74, 6) is -3.08. The highest BCUT2D eigenvalue weighted by Gasteiger charge is 2.32. The van der Waals surface area contributed by atoms with Gasteiger partial charge in [-0.2, -0.15) is 0 Å².